The summed E-state index contributed by atoms with van der Waals surface area (Å²) in [5, 5.41) is 11.9. The first-order chi connectivity index (χ1) is 15.5. The van der Waals surface area contributed by atoms with Crippen molar-refractivity contribution in [2.24, 2.45) is 0 Å². The summed E-state index contributed by atoms with van der Waals surface area (Å²) < 4.78 is 5.50. The van der Waals surface area contributed by atoms with E-state index in [1.165, 1.54) is 0 Å². The molecule has 7 nitrogen and oxygen atoms in total. The first-order valence-corrected chi connectivity index (χ1v) is 11.1. The number of fused-ring (bicyclic) bond motifs is 5. The minimum absolute atomic E-state index is 0.0415. The van der Waals surface area contributed by atoms with Crippen LogP contribution in [0, 0.1) is 0 Å². The Morgan fingerprint density at radius 3 is 2.19 bits per heavy atom. The number of benzene rings is 2. The Hall–Kier alpha value is -3.35. The Balaban J connectivity index is 1.20. The van der Waals surface area contributed by atoms with Gasteiger partial charge in [-0.1, -0.05) is 48.5 Å². The third-order valence-electron chi connectivity index (χ3n) is 7.24. The Bertz CT molecular complexity index is 1030. The van der Waals surface area contributed by atoms with Crippen LogP contribution in [0.25, 0.3) is 11.1 Å². The smallest absolute Gasteiger partial charge is 0.407 e. The van der Waals surface area contributed by atoms with Crippen molar-refractivity contribution in [1.82, 2.24) is 10.2 Å². The van der Waals surface area contributed by atoms with Crippen LogP contribution < -0.4 is 5.32 Å². The van der Waals surface area contributed by atoms with Gasteiger partial charge in [0.2, 0.25) is 5.91 Å². The second-order valence-corrected chi connectivity index (χ2v) is 8.97. The first kappa shape index (κ1) is 20.5. The number of carboxylic acid groups (broad SMARTS) is 1. The van der Waals surface area contributed by atoms with Crippen molar-refractivity contribution in [2.75, 3.05) is 13.2 Å². The lowest BCUT2D eigenvalue weighted by atomic mass is 9.85. The summed E-state index contributed by atoms with van der Waals surface area (Å²) in [7, 11) is 0. The van der Waals surface area contributed by atoms with Gasteiger partial charge in [-0.3, -0.25) is 9.59 Å². The number of ether oxygens (including phenoxy) is 1. The first-order valence-electron chi connectivity index (χ1n) is 11.1. The zero-order chi connectivity index (χ0) is 22.3. The number of carbonyl (C=O) groups is 3. The fourth-order valence-corrected chi connectivity index (χ4v) is 5.92. The molecule has 2 fully saturated rings. The van der Waals surface area contributed by atoms with Gasteiger partial charge in [0.15, 0.2) is 0 Å². The molecule has 2 saturated heterocycles. The number of carbonyl (C=O) groups excluding carboxylic acids is 2. The number of aliphatic carboxylic acids is 1. The zero-order valence-electron chi connectivity index (χ0n) is 17.8. The summed E-state index contributed by atoms with van der Waals surface area (Å²) in [5.74, 6) is -1.17. The monoisotopic (exact) mass is 434 g/mol. The molecule has 0 radical (unpaired) electrons. The number of amides is 2. The van der Waals surface area contributed by atoms with E-state index in [0.29, 0.717) is 12.8 Å². The Morgan fingerprint density at radius 1 is 1.00 bits per heavy atom. The van der Waals surface area contributed by atoms with Gasteiger partial charge in [-0.05, 0) is 47.9 Å². The fourth-order valence-electron chi connectivity index (χ4n) is 5.92. The molecule has 0 atom stereocenters. The van der Waals surface area contributed by atoms with Crippen molar-refractivity contribution in [3.05, 3.63) is 59.7 Å². The Kier molecular flexibility index (Phi) is 5.12. The molecule has 0 saturated carbocycles. The van der Waals surface area contributed by atoms with Crippen molar-refractivity contribution in [3.8, 4) is 11.1 Å². The molecule has 7 heteroatoms. The van der Waals surface area contributed by atoms with Crippen molar-refractivity contribution < 1.29 is 24.2 Å². The topological polar surface area (TPSA) is 95.9 Å². The second-order valence-electron chi connectivity index (χ2n) is 8.97. The highest BCUT2D eigenvalue weighted by molar-refractivity contribution is 5.85. The molecular formula is C25H26N2O5. The number of hydrogen-bond acceptors (Lipinski definition) is 4. The molecule has 1 aliphatic carbocycles. The van der Waals surface area contributed by atoms with Crippen molar-refractivity contribution in [2.45, 2.75) is 49.6 Å². The highest BCUT2D eigenvalue weighted by Gasteiger charge is 2.54. The zero-order valence-corrected chi connectivity index (χ0v) is 17.8. The number of nitrogens with one attached hydrogen (secondary N) is 1. The molecule has 2 aliphatic heterocycles. The second kappa shape index (κ2) is 7.97. The Morgan fingerprint density at radius 2 is 1.59 bits per heavy atom. The van der Waals surface area contributed by atoms with Crippen molar-refractivity contribution >= 4 is 18.0 Å². The van der Waals surface area contributed by atoms with Gasteiger partial charge in [-0.15, -0.1) is 0 Å². The van der Waals surface area contributed by atoms with Crippen molar-refractivity contribution in [1.29, 1.82) is 0 Å². The number of rotatable bonds is 6. The molecule has 0 unspecified atom stereocenters. The standard InChI is InChI=1S/C25H26N2O5/c28-22(27-16-9-11-25(27,12-10-16)13-23(29)30)14-26-24(31)32-15-21-19-7-3-1-5-17(19)18-6-2-4-8-20(18)21/h1-8,16,21H,9-15H2,(H,26,31)(H,29,30). The van der Waals surface area contributed by atoms with Gasteiger partial charge in [-0.2, -0.15) is 0 Å². The van der Waals surface area contributed by atoms with E-state index in [4.69, 9.17) is 4.74 Å². The van der Waals surface area contributed by atoms with E-state index in [1.807, 2.05) is 24.3 Å². The van der Waals surface area contributed by atoms with Crippen LogP contribution >= 0.6 is 0 Å². The maximum atomic E-state index is 12.8. The molecular weight excluding hydrogens is 408 g/mol. The summed E-state index contributed by atoms with van der Waals surface area (Å²) >= 11 is 0. The van der Waals surface area contributed by atoms with Crippen molar-refractivity contribution in [3.63, 3.8) is 0 Å². The Labute approximate surface area is 186 Å². The van der Waals surface area contributed by atoms with Gasteiger partial charge in [0.05, 0.1) is 12.0 Å². The lowest BCUT2D eigenvalue weighted by Gasteiger charge is -2.33. The fraction of sp³-hybridized carbons (Fsp3) is 0.400. The van der Waals surface area contributed by atoms with Crippen LogP contribution in [0.5, 0.6) is 0 Å². The van der Waals surface area contributed by atoms with E-state index >= 15 is 0 Å². The third kappa shape index (κ3) is 3.42. The van der Waals surface area contributed by atoms with E-state index in [1.54, 1.807) is 4.90 Å². The highest BCUT2D eigenvalue weighted by Crippen LogP contribution is 2.48. The van der Waals surface area contributed by atoms with Gasteiger partial charge in [0.1, 0.15) is 13.2 Å². The average molecular weight is 434 g/mol. The van der Waals surface area contributed by atoms with Gasteiger partial charge in [0, 0.05) is 12.0 Å². The van der Waals surface area contributed by atoms with E-state index < -0.39 is 17.6 Å². The van der Waals surface area contributed by atoms with Crippen LogP contribution in [0.2, 0.25) is 0 Å². The molecule has 3 aliphatic rings. The summed E-state index contributed by atoms with van der Waals surface area (Å²) in [4.78, 5) is 38.3. The predicted octanol–water partition coefficient (Wildman–Crippen LogP) is 3.52. The normalized spacial score (nSPS) is 23.0. The maximum Gasteiger partial charge on any atom is 0.407 e. The molecule has 0 spiro atoms. The molecule has 2 aromatic rings. The van der Waals surface area contributed by atoms with Gasteiger partial charge < -0.3 is 20.1 Å². The minimum atomic E-state index is -0.894. The molecule has 2 amide bonds. The summed E-state index contributed by atoms with van der Waals surface area (Å²) in [6, 6.07) is 16.3. The van der Waals surface area contributed by atoms with E-state index in [-0.39, 0.29) is 37.4 Å². The maximum absolute atomic E-state index is 12.8. The number of alkyl carbamates (subject to hydrolysis) is 1. The summed E-state index contributed by atoms with van der Waals surface area (Å²) in [5.41, 5.74) is 3.96. The van der Waals surface area contributed by atoms with Crippen LogP contribution in [-0.4, -0.2) is 52.7 Å². The summed E-state index contributed by atoms with van der Waals surface area (Å²) in [6.07, 6.45) is 2.38. The quantitative estimate of drug-likeness (QED) is 0.725. The summed E-state index contributed by atoms with van der Waals surface area (Å²) in [6.45, 7) is -0.00210. The lowest BCUT2D eigenvalue weighted by molar-refractivity contribution is -0.142. The third-order valence-corrected chi connectivity index (χ3v) is 7.24. The highest BCUT2D eigenvalue weighted by atomic mass is 16.5. The van der Waals surface area contributed by atoms with Crippen LogP contribution in [0.3, 0.4) is 0 Å². The average Bonchev–Trinajstić information content (AvgIpc) is 3.43. The van der Waals surface area contributed by atoms with E-state index in [9.17, 15) is 19.5 Å². The van der Waals surface area contributed by atoms with Gasteiger partial charge in [0.25, 0.3) is 0 Å². The molecule has 2 N–H and O–H groups in total. The van der Waals surface area contributed by atoms with Crippen LogP contribution in [-0.2, 0) is 14.3 Å². The molecule has 0 aromatic heterocycles. The predicted molar refractivity (Wildman–Crippen MR) is 117 cm³/mol. The minimum Gasteiger partial charge on any atom is -0.481 e. The van der Waals surface area contributed by atoms with Crippen LogP contribution in [0.15, 0.2) is 48.5 Å². The van der Waals surface area contributed by atoms with E-state index in [2.05, 4.69) is 29.6 Å². The van der Waals surface area contributed by atoms with Gasteiger partial charge >= 0.3 is 12.1 Å². The molecule has 5 rings (SSSR count). The number of nitrogens with zero attached hydrogens (tertiary/aromatic N) is 1. The van der Waals surface area contributed by atoms with E-state index in [0.717, 1.165) is 35.1 Å². The van der Waals surface area contributed by atoms with Gasteiger partial charge in [-0.25, -0.2) is 4.79 Å². The number of carboxylic acids is 1. The number of hydrogen-bond donors (Lipinski definition) is 2. The van der Waals surface area contributed by atoms with Crippen LogP contribution in [0.4, 0.5) is 4.79 Å². The van der Waals surface area contributed by atoms with Crippen LogP contribution in [0.1, 0.15) is 49.1 Å². The molecule has 2 bridgehead atoms. The SMILES string of the molecule is O=C(O)CC12CCC(CC1)N2C(=O)CNC(=O)OCC1c2ccccc2-c2ccccc21. The lowest BCUT2D eigenvalue weighted by Crippen LogP contribution is -2.50. The molecule has 32 heavy (non-hydrogen) atoms. The largest absolute Gasteiger partial charge is 0.481 e. The molecule has 2 aromatic carbocycles. The molecule has 166 valence electrons. The molecule has 2 heterocycles.